The summed E-state index contributed by atoms with van der Waals surface area (Å²) in [4.78, 5) is 4.44. The molecule has 4 nitrogen and oxygen atoms in total. The fourth-order valence-corrected chi connectivity index (χ4v) is 3.37. The number of pyridine rings is 1. The number of fused-ring (bicyclic) bond motifs is 1. The minimum absolute atomic E-state index is 0.260. The van der Waals surface area contributed by atoms with Gasteiger partial charge in [0.2, 0.25) is 0 Å². The van der Waals surface area contributed by atoms with Gasteiger partial charge in [0.1, 0.15) is 0 Å². The van der Waals surface area contributed by atoms with E-state index in [1.807, 2.05) is 13.0 Å². The van der Waals surface area contributed by atoms with E-state index in [0.717, 1.165) is 10.9 Å². The van der Waals surface area contributed by atoms with Crippen molar-refractivity contribution in [2.45, 2.75) is 11.8 Å². The number of aromatic nitrogens is 2. The van der Waals surface area contributed by atoms with Crippen LogP contribution in [0, 0.1) is 6.92 Å². The van der Waals surface area contributed by atoms with E-state index in [0.29, 0.717) is 5.65 Å². The molecule has 2 heterocycles. The molecule has 19 heavy (non-hydrogen) atoms. The van der Waals surface area contributed by atoms with Crippen molar-refractivity contribution < 1.29 is 8.42 Å². The van der Waals surface area contributed by atoms with Crippen LogP contribution in [-0.2, 0) is 10.0 Å². The van der Waals surface area contributed by atoms with Gasteiger partial charge in [-0.05, 0) is 36.8 Å². The molecule has 0 aliphatic rings. The van der Waals surface area contributed by atoms with Gasteiger partial charge in [-0.2, -0.15) is 0 Å². The highest BCUT2D eigenvalue weighted by Gasteiger charge is 2.19. The normalized spacial score (nSPS) is 11.8. The maximum absolute atomic E-state index is 12.5. The molecule has 0 spiro atoms. The summed E-state index contributed by atoms with van der Waals surface area (Å²) in [5.74, 6) is 0. The minimum atomic E-state index is -3.58. The van der Waals surface area contributed by atoms with Crippen LogP contribution in [0.25, 0.3) is 11.0 Å². The molecule has 96 valence electrons. The monoisotopic (exact) mass is 272 g/mol. The number of hydrogen-bond acceptors (Lipinski definition) is 3. The molecule has 1 aromatic carbocycles. The lowest BCUT2D eigenvalue weighted by Crippen LogP contribution is -2.12. The summed E-state index contributed by atoms with van der Waals surface area (Å²) >= 11 is 0. The Morgan fingerprint density at radius 3 is 2.53 bits per heavy atom. The Kier molecular flexibility index (Phi) is 2.64. The Morgan fingerprint density at radius 2 is 1.79 bits per heavy atom. The van der Waals surface area contributed by atoms with Gasteiger partial charge in [0.05, 0.1) is 4.90 Å². The Bertz CT molecular complexity index is 836. The summed E-state index contributed by atoms with van der Waals surface area (Å²) in [5, 5.41) is 0.849. The second-order valence-corrected chi connectivity index (χ2v) is 6.11. The van der Waals surface area contributed by atoms with Crippen molar-refractivity contribution in [2.24, 2.45) is 0 Å². The molecule has 0 aliphatic heterocycles. The summed E-state index contributed by atoms with van der Waals surface area (Å²) < 4.78 is 26.3. The number of aryl methyl sites for hydroxylation is 1. The third-order valence-corrected chi connectivity index (χ3v) is 4.75. The van der Waals surface area contributed by atoms with E-state index in [1.54, 1.807) is 48.8 Å². The molecule has 0 saturated carbocycles. The van der Waals surface area contributed by atoms with Gasteiger partial charge in [0.25, 0.3) is 10.0 Å². The third-order valence-electron chi connectivity index (χ3n) is 3.07. The van der Waals surface area contributed by atoms with E-state index in [1.165, 1.54) is 3.97 Å². The van der Waals surface area contributed by atoms with E-state index in [2.05, 4.69) is 4.98 Å². The topological polar surface area (TPSA) is 52.0 Å². The summed E-state index contributed by atoms with van der Waals surface area (Å²) in [5.41, 5.74) is 1.47. The maximum atomic E-state index is 12.5. The quantitative estimate of drug-likeness (QED) is 0.720. The lowest BCUT2D eigenvalue weighted by molar-refractivity contribution is 0.589. The van der Waals surface area contributed by atoms with Gasteiger partial charge in [0, 0.05) is 17.8 Å². The molecule has 5 heteroatoms. The molecule has 0 radical (unpaired) electrons. The van der Waals surface area contributed by atoms with Crippen molar-refractivity contribution in [1.82, 2.24) is 8.96 Å². The molecular formula is C14H12N2O2S. The molecule has 0 atom stereocenters. The van der Waals surface area contributed by atoms with Crippen LogP contribution in [0.15, 0.2) is 59.8 Å². The second kappa shape index (κ2) is 4.20. The zero-order chi connectivity index (χ0) is 13.5. The van der Waals surface area contributed by atoms with Gasteiger partial charge < -0.3 is 0 Å². The third kappa shape index (κ3) is 1.82. The van der Waals surface area contributed by atoms with Gasteiger partial charge in [0.15, 0.2) is 5.65 Å². The maximum Gasteiger partial charge on any atom is 0.269 e. The van der Waals surface area contributed by atoms with Crippen LogP contribution >= 0.6 is 0 Å². The first kappa shape index (κ1) is 11.9. The van der Waals surface area contributed by atoms with Gasteiger partial charge in [-0.15, -0.1) is 0 Å². The zero-order valence-corrected chi connectivity index (χ0v) is 11.1. The lowest BCUT2D eigenvalue weighted by Gasteiger charge is -2.06. The summed E-state index contributed by atoms with van der Waals surface area (Å²) in [7, 11) is -3.58. The van der Waals surface area contributed by atoms with Crippen LogP contribution in [0.2, 0.25) is 0 Å². The van der Waals surface area contributed by atoms with Gasteiger partial charge in [-0.3, -0.25) is 0 Å². The van der Waals surface area contributed by atoms with Crippen LogP contribution in [0.1, 0.15) is 5.56 Å². The molecule has 0 aliphatic carbocycles. The molecule has 0 saturated heterocycles. The molecule has 0 amide bonds. The molecule has 0 unspecified atom stereocenters. The van der Waals surface area contributed by atoms with Crippen molar-refractivity contribution in [1.29, 1.82) is 0 Å². The SMILES string of the molecule is Cc1ccnc2c1ccn2S(=O)(=O)c1ccccc1. The number of benzene rings is 1. The Balaban J connectivity index is 2.29. The largest absolute Gasteiger partial charge is 0.269 e. The van der Waals surface area contributed by atoms with Gasteiger partial charge in [-0.1, -0.05) is 18.2 Å². The highest BCUT2D eigenvalue weighted by atomic mass is 32.2. The van der Waals surface area contributed by atoms with Crippen LogP contribution in [0.4, 0.5) is 0 Å². The summed E-state index contributed by atoms with van der Waals surface area (Å²) in [6, 6.07) is 12.0. The van der Waals surface area contributed by atoms with Crippen LogP contribution < -0.4 is 0 Å². The van der Waals surface area contributed by atoms with Crippen LogP contribution in [0.5, 0.6) is 0 Å². The smallest absolute Gasteiger partial charge is 0.237 e. The average Bonchev–Trinajstić information content (AvgIpc) is 2.86. The van der Waals surface area contributed by atoms with E-state index in [-0.39, 0.29) is 4.90 Å². The highest BCUT2D eigenvalue weighted by molar-refractivity contribution is 7.90. The Morgan fingerprint density at radius 1 is 1.05 bits per heavy atom. The lowest BCUT2D eigenvalue weighted by atomic mass is 10.2. The second-order valence-electron chi connectivity index (χ2n) is 4.29. The first-order valence-electron chi connectivity index (χ1n) is 5.84. The first-order chi connectivity index (χ1) is 9.10. The highest BCUT2D eigenvalue weighted by Crippen LogP contribution is 2.22. The molecule has 3 aromatic rings. The predicted octanol–water partition coefficient (Wildman–Crippen LogP) is 2.58. The van der Waals surface area contributed by atoms with Crippen molar-refractivity contribution in [2.75, 3.05) is 0 Å². The fourth-order valence-electron chi connectivity index (χ4n) is 2.05. The molecule has 3 rings (SSSR count). The number of hydrogen-bond donors (Lipinski definition) is 0. The number of rotatable bonds is 2. The van der Waals surface area contributed by atoms with Crippen LogP contribution in [-0.4, -0.2) is 17.4 Å². The summed E-state index contributed by atoms with van der Waals surface area (Å²) in [6.45, 7) is 1.93. The van der Waals surface area contributed by atoms with E-state index >= 15 is 0 Å². The minimum Gasteiger partial charge on any atom is -0.237 e. The van der Waals surface area contributed by atoms with E-state index in [9.17, 15) is 8.42 Å². The van der Waals surface area contributed by atoms with Crippen LogP contribution in [0.3, 0.4) is 0 Å². The Hall–Kier alpha value is -2.14. The van der Waals surface area contributed by atoms with Crippen molar-refractivity contribution in [3.8, 4) is 0 Å². The predicted molar refractivity (Wildman–Crippen MR) is 73.5 cm³/mol. The van der Waals surface area contributed by atoms with Gasteiger partial charge >= 0.3 is 0 Å². The molecule has 0 N–H and O–H groups in total. The fraction of sp³-hybridized carbons (Fsp3) is 0.0714. The molecule has 0 fully saturated rings. The Labute approximate surface area is 111 Å². The molecular weight excluding hydrogens is 260 g/mol. The molecule has 2 aromatic heterocycles. The first-order valence-corrected chi connectivity index (χ1v) is 7.28. The van der Waals surface area contributed by atoms with Gasteiger partial charge in [-0.25, -0.2) is 17.4 Å². The molecule has 0 bridgehead atoms. The average molecular weight is 272 g/mol. The van der Waals surface area contributed by atoms with E-state index in [4.69, 9.17) is 0 Å². The van der Waals surface area contributed by atoms with Crippen molar-refractivity contribution in [3.63, 3.8) is 0 Å². The number of nitrogens with zero attached hydrogens (tertiary/aromatic N) is 2. The van der Waals surface area contributed by atoms with Crippen molar-refractivity contribution in [3.05, 3.63) is 60.4 Å². The standard InChI is InChI=1S/C14H12N2O2S/c1-11-7-9-15-14-13(11)8-10-16(14)19(17,18)12-5-3-2-4-6-12/h2-10H,1H3. The zero-order valence-electron chi connectivity index (χ0n) is 10.3. The van der Waals surface area contributed by atoms with E-state index < -0.39 is 10.0 Å². The summed E-state index contributed by atoms with van der Waals surface area (Å²) in [6.07, 6.45) is 3.17. The van der Waals surface area contributed by atoms with Crippen molar-refractivity contribution >= 4 is 21.1 Å².